The predicted octanol–water partition coefficient (Wildman–Crippen LogP) is 2.53. The van der Waals surface area contributed by atoms with Gasteiger partial charge in [-0.15, -0.1) is 0 Å². The maximum absolute atomic E-state index is 5.16. The second-order valence-electron chi connectivity index (χ2n) is 3.03. The van der Waals surface area contributed by atoms with Crippen LogP contribution in [0.3, 0.4) is 0 Å². The van der Waals surface area contributed by atoms with Crippen LogP contribution in [-0.2, 0) is 0 Å². The van der Waals surface area contributed by atoms with E-state index in [1.807, 2.05) is 18.2 Å². The van der Waals surface area contributed by atoms with E-state index in [2.05, 4.69) is 12.2 Å². The lowest BCUT2D eigenvalue weighted by atomic mass is 10.2. The van der Waals surface area contributed by atoms with Gasteiger partial charge in [0.25, 0.3) is 0 Å². The highest BCUT2D eigenvalue weighted by Gasteiger charge is 2.00. The molecule has 1 aromatic rings. The van der Waals surface area contributed by atoms with Gasteiger partial charge in [-0.25, -0.2) is 0 Å². The van der Waals surface area contributed by atoms with Gasteiger partial charge < -0.3 is 14.8 Å². The molecule has 0 aromatic heterocycles. The molecule has 1 rings (SSSR count). The Bertz CT molecular complexity index is 264. The summed E-state index contributed by atoms with van der Waals surface area (Å²) in [5.74, 6) is 1.62. The molecule has 0 amide bonds. The smallest absolute Gasteiger partial charge is 0.124 e. The Balaban J connectivity index is 2.81. The zero-order valence-corrected chi connectivity index (χ0v) is 8.96. The maximum atomic E-state index is 5.16. The van der Waals surface area contributed by atoms with Gasteiger partial charge in [-0.3, -0.25) is 0 Å². The van der Waals surface area contributed by atoms with Gasteiger partial charge in [0.05, 0.1) is 14.2 Å². The number of rotatable bonds is 5. The number of ether oxygens (including phenoxy) is 2. The Morgan fingerprint density at radius 1 is 1.07 bits per heavy atom. The number of methoxy groups -OCH3 is 2. The Morgan fingerprint density at radius 2 is 1.64 bits per heavy atom. The lowest BCUT2D eigenvalue weighted by Crippen LogP contribution is -2.00. The van der Waals surface area contributed by atoms with Crippen molar-refractivity contribution in [1.29, 1.82) is 0 Å². The molecule has 0 saturated carbocycles. The first-order valence-corrected chi connectivity index (χ1v) is 4.77. The van der Waals surface area contributed by atoms with E-state index in [4.69, 9.17) is 9.47 Å². The zero-order chi connectivity index (χ0) is 10.4. The van der Waals surface area contributed by atoms with Gasteiger partial charge in [-0.05, 0) is 6.42 Å². The molecule has 0 atom stereocenters. The molecule has 1 aromatic carbocycles. The first kappa shape index (κ1) is 10.7. The summed E-state index contributed by atoms with van der Waals surface area (Å²) in [7, 11) is 3.30. The van der Waals surface area contributed by atoms with E-state index in [1.165, 1.54) is 0 Å². The minimum Gasteiger partial charge on any atom is -0.497 e. The van der Waals surface area contributed by atoms with Gasteiger partial charge in [-0.1, -0.05) is 6.92 Å². The third kappa shape index (κ3) is 2.83. The quantitative estimate of drug-likeness (QED) is 0.783. The van der Waals surface area contributed by atoms with E-state index < -0.39 is 0 Å². The van der Waals surface area contributed by atoms with Crippen molar-refractivity contribution < 1.29 is 9.47 Å². The van der Waals surface area contributed by atoms with E-state index in [-0.39, 0.29) is 0 Å². The average molecular weight is 195 g/mol. The van der Waals surface area contributed by atoms with Gasteiger partial charge in [-0.2, -0.15) is 0 Å². The van der Waals surface area contributed by atoms with Gasteiger partial charge >= 0.3 is 0 Å². The number of nitrogens with one attached hydrogen (secondary N) is 1. The summed E-state index contributed by atoms with van der Waals surface area (Å²) in [4.78, 5) is 0. The van der Waals surface area contributed by atoms with Gasteiger partial charge in [0.1, 0.15) is 11.5 Å². The molecule has 78 valence electrons. The second kappa shape index (κ2) is 5.37. The fourth-order valence-electron chi connectivity index (χ4n) is 1.18. The normalized spacial score (nSPS) is 9.64. The van der Waals surface area contributed by atoms with Crippen LogP contribution in [0.1, 0.15) is 13.3 Å². The molecule has 0 unspecified atom stereocenters. The van der Waals surface area contributed by atoms with Gasteiger partial charge in [0.15, 0.2) is 0 Å². The Hall–Kier alpha value is -1.38. The third-order valence-corrected chi connectivity index (χ3v) is 1.93. The van der Waals surface area contributed by atoms with Gasteiger partial charge in [0, 0.05) is 30.4 Å². The summed E-state index contributed by atoms with van der Waals surface area (Å²) in [6.45, 7) is 3.08. The monoisotopic (exact) mass is 195 g/mol. The highest BCUT2D eigenvalue weighted by atomic mass is 16.5. The first-order valence-electron chi connectivity index (χ1n) is 4.77. The first-order chi connectivity index (χ1) is 6.80. The highest BCUT2D eigenvalue weighted by Crippen LogP contribution is 2.25. The molecule has 0 aliphatic heterocycles. The van der Waals surface area contributed by atoms with Crippen molar-refractivity contribution in [2.75, 3.05) is 26.1 Å². The molecule has 14 heavy (non-hydrogen) atoms. The molecular weight excluding hydrogens is 178 g/mol. The molecule has 1 N–H and O–H groups in total. The molecule has 3 nitrogen and oxygen atoms in total. The molecule has 0 aliphatic rings. The highest BCUT2D eigenvalue weighted by molar-refractivity contribution is 5.53. The topological polar surface area (TPSA) is 30.5 Å². The lowest BCUT2D eigenvalue weighted by molar-refractivity contribution is 0.394. The standard InChI is InChI=1S/C11H17NO2/c1-4-5-12-9-6-10(13-2)8-11(7-9)14-3/h6-8,12H,4-5H2,1-3H3. The molecule has 0 fully saturated rings. The van der Waals surface area contributed by atoms with Gasteiger partial charge in [0.2, 0.25) is 0 Å². The van der Waals surface area contributed by atoms with Crippen molar-refractivity contribution in [3.8, 4) is 11.5 Å². The zero-order valence-electron chi connectivity index (χ0n) is 8.96. The molecule has 0 saturated heterocycles. The molecule has 0 radical (unpaired) electrons. The van der Waals surface area contributed by atoms with Crippen LogP contribution < -0.4 is 14.8 Å². The maximum Gasteiger partial charge on any atom is 0.124 e. The largest absolute Gasteiger partial charge is 0.497 e. The van der Waals surface area contributed by atoms with E-state index >= 15 is 0 Å². The van der Waals surface area contributed by atoms with Crippen LogP contribution in [0.25, 0.3) is 0 Å². The van der Waals surface area contributed by atoms with Crippen LogP contribution in [0.5, 0.6) is 11.5 Å². The van der Waals surface area contributed by atoms with Crippen molar-refractivity contribution in [3.63, 3.8) is 0 Å². The summed E-state index contributed by atoms with van der Waals surface area (Å²) < 4.78 is 10.3. The number of anilines is 1. The summed E-state index contributed by atoms with van der Waals surface area (Å²) in [5.41, 5.74) is 1.03. The lowest BCUT2D eigenvalue weighted by Gasteiger charge is -2.09. The van der Waals surface area contributed by atoms with Crippen LogP contribution in [0.15, 0.2) is 18.2 Å². The molecule has 3 heteroatoms. The Labute approximate surface area is 85.0 Å². The summed E-state index contributed by atoms with van der Waals surface area (Å²) in [6.07, 6.45) is 1.10. The minimum absolute atomic E-state index is 0.808. The average Bonchev–Trinajstić information content (AvgIpc) is 2.25. The molecule has 0 heterocycles. The van der Waals surface area contributed by atoms with Crippen LogP contribution in [0, 0.1) is 0 Å². The predicted molar refractivity (Wildman–Crippen MR) is 58.3 cm³/mol. The van der Waals surface area contributed by atoms with Crippen molar-refractivity contribution in [3.05, 3.63) is 18.2 Å². The number of hydrogen-bond donors (Lipinski definition) is 1. The molecular formula is C11H17NO2. The minimum atomic E-state index is 0.808. The molecule has 0 aliphatic carbocycles. The van der Waals surface area contributed by atoms with Crippen molar-refractivity contribution in [2.24, 2.45) is 0 Å². The SMILES string of the molecule is CCCNc1cc(OC)cc(OC)c1. The van der Waals surface area contributed by atoms with E-state index in [9.17, 15) is 0 Å². The van der Waals surface area contributed by atoms with Crippen molar-refractivity contribution >= 4 is 5.69 Å². The van der Waals surface area contributed by atoms with Crippen LogP contribution in [-0.4, -0.2) is 20.8 Å². The number of hydrogen-bond acceptors (Lipinski definition) is 3. The fourth-order valence-corrected chi connectivity index (χ4v) is 1.18. The van der Waals surface area contributed by atoms with Crippen LogP contribution >= 0.6 is 0 Å². The Morgan fingerprint density at radius 3 is 2.07 bits per heavy atom. The Kier molecular flexibility index (Phi) is 4.11. The molecule has 0 bridgehead atoms. The van der Waals surface area contributed by atoms with E-state index in [1.54, 1.807) is 14.2 Å². The second-order valence-corrected chi connectivity index (χ2v) is 3.03. The van der Waals surface area contributed by atoms with Crippen molar-refractivity contribution in [2.45, 2.75) is 13.3 Å². The third-order valence-electron chi connectivity index (χ3n) is 1.93. The van der Waals surface area contributed by atoms with E-state index in [0.717, 1.165) is 30.2 Å². The summed E-state index contributed by atoms with van der Waals surface area (Å²) in [5, 5.41) is 3.28. The fraction of sp³-hybridized carbons (Fsp3) is 0.455. The van der Waals surface area contributed by atoms with Crippen LogP contribution in [0.2, 0.25) is 0 Å². The van der Waals surface area contributed by atoms with Crippen molar-refractivity contribution in [1.82, 2.24) is 0 Å². The number of benzene rings is 1. The summed E-state index contributed by atoms with van der Waals surface area (Å²) >= 11 is 0. The molecule has 0 spiro atoms. The summed E-state index contributed by atoms with van der Waals surface area (Å²) in [6, 6.07) is 5.77. The van der Waals surface area contributed by atoms with Crippen LogP contribution in [0.4, 0.5) is 5.69 Å². The van der Waals surface area contributed by atoms with E-state index in [0.29, 0.717) is 0 Å².